The molecule has 7 nitrogen and oxygen atoms in total. The molecule has 148 valence electrons. The van der Waals surface area contributed by atoms with Gasteiger partial charge in [0, 0.05) is 12.1 Å². The van der Waals surface area contributed by atoms with Crippen molar-refractivity contribution in [2.75, 3.05) is 11.4 Å². The molecule has 0 aliphatic rings. The van der Waals surface area contributed by atoms with Gasteiger partial charge < -0.3 is 20.0 Å². The van der Waals surface area contributed by atoms with E-state index in [0.29, 0.717) is 12.1 Å². The highest BCUT2D eigenvalue weighted by molar-refractivity contribution is 7.07. The summed E-state index contributed by atoms with van der Waals surface area (Å²) < 4.78 is 4.97. The second kappa shape index (κ2) is 10.8. The van der Waals surface area contributed by atoms with Crippen LogP contribution in [0, 0.1) is 0 Å². The van der Waals surface area contributed by atoms with Crippen molar-refractivity contribution in [3.63, 3.8) is 0 Å². The molecule has 0 aliphatic carbocycles. The van der Waals surface area contributed by atoms with Gasteiger partial charge in [-0.25, -0.2) is 0 Å². The Labute approximate surface area is 168 Å². The van der Waals surface area contributed by atoms with Crippen molar-refractivity contribution in [2.45, 2.75) is 26.0 Å². The van der Waals surface area contributed by atoms with Gasteiger partial charge in [-0.05, 0) is 46.5 Å². The summed E-state index contributed by atoms with van der Waals surface area (Å²) in [5.41, 5.74) is 2.43. The van der Waals surface area contributed by atoms with Crippen molar-refractivity contribution in [2.24, 2.45) is 0 Å². The minimum atomic E-state index is -2.03. The summed E-state index contributed by atoms with van der Waals surface area (Å²) in [4.78, 5) is 26.3. The maximum absolute atomic E-state index is 12.6. The number of anilines is 1. The van der Waals surface area contributed by atoms with E-state index in [0.717, 1.165) is 17.2 Å². The highest BCUT2D eigenvalue weighted by Gasteiger charge is 2.24. The number of aryl methyl sites for hydroxylation is 1. The highest BCUT2D eigenvalue weighted by Crippen LogP contribution is 2.21. The number of hydrogen-bond donors (Lipinski definition) is 3. The van der Waals surface area contributed by atoms with Crippen LogP contribution in [-0.2, 0) is 27.1 Å². The van der Waals surface area contributed by atoms with Gasteiger partial charge in [0.15, 0.2) is 0 Å². The van der Waals surface area contributed by atoms with Crippen LogP contribution in [0.5, 0.6) is 0 Å². The lowest BCUT2D eigenvalue weighted by Crippen LogP contribution is -2.47. The third-order valence-electron chi connectivity index (χ3n) is 4.01. The number of nitrogens with zero attached hydrogens (tertiary/aromatic N) is 1. The lowest BCUT2D eigenvalue weighted by atomic mass is 10.1. The second-order valence-corrected chi connectivity index (χ2v) is 6.75. The van der Waals surface area contributed by atoms with E-state index in [1.54, 1.807) is 12.1 Å². The van der Waals surface area contributed by atoms with E-state index in [1.807, 2.05) is 35.9 Å². The fourth-order valence-electron chi connectivity index (χ4n) is 2.74. The van der Waals surface area contributed by atoms with Crippen LogP contribution < -0.4 is 10.2 Å². The monoisotopic (exact) mass is 402 g/mol. The summed E-state index contributed by atoms with van der Waals surface area (Å²) in [7, 11) is -2.03. The third-order valence-corrected chi connectivity index (χ3v) is 4.75. The number of carbonyl (C=O) groups is 2. The summed E-state index contributed by atoms with van der Waals surface area (Å²) in [6.45, 7) is 5.21. The Kier molecular flexibility index (Phi) is 8.40. The summed E-state index contributed by atoms with van der Waals surface area (Å²) in [6, 6.07) is 9.17. The lowest BCUT2D eigenvalue weighted by Gasteiger charge is -2.25. The summed E-state index contributed by atoms with van der Waals surface area (Å²) in [5.74, 6) is -0.907. The quantitative estimate of drug-likeness (QED) is 0.318. The van der Waals surface area contributed by atoms with E-state index in [1.165, 1.54) is 16.2 Å². The number of carbonyl (C=O) groups excluding carboxylic acids is 2. The zero-order valence-corrected chi connectivity index (χ0v) is 16.4. The normalized spacial score (nSPS) is 11.5. The first kappa shape index (κ1) is 21.8. The molecule has 2 rings (SSSR count). The number of amides is 2. The predicted octanol–water partition coefficient (Wildman–Crippen LogP) is 1.50. The molecule has 0 radical (unpaired) electrons. The molecule has 28 heavy (non-hydrogen) atoms. The van der Waals surface area contributed by atoms with Gasteiger partial charge in [-0.1, -0.05) is 31.7 Å². The topological polar surface area (TPSA) is 99.1 Å². The fourth-order valence-corrected chi connectivity index (χ4v) is 3.42. The van der Waals surface area contributed by atoms with Crippen molar-refractivity contribution in [1.29, 1.82) is 0 Å². The molecule has 0 fully saturated rings. The van der Waals surface area contributed by atoms with E-state index in [4.69, 9.17) is 14.7 Å². The molecule has 0 aliphatic heterocycles. The molecule has 0 saturated heterocycles. The summed E-state index contributed by atoms with van der Waals surface area (Å²) in [6.07, 6.45) is 1.15. The van der Waals surface area contributed by atoms with Crippen LogP contribution in [0.15, 0.2) is 53.7 Å². The molecule has 2 aromatic rings. The zero-order valence-electron chi connectivity index (χ0n) is 15.6. The van der Waals surface area contributed by atoms with Gasteiger partial charge in [-0.3, -0.25) is 14.5 Å². The van der Waals surface area contributed by atoms with Gasteiger partial charge in [0.05, 0.1) is 0 Å². The molecular weight excluding hydrogens is 379 g/mol. The molecule has 1 atom stereocenters. The number of para-hydroxylation sites is 1. The van der Waals surface area contributed by atoms with Crippen molar-refractivity contribution in [3.8, 4) is 0 Å². The molecule has 1 heterocycles. The SMILES string of the molecule is C=CC(=O)N(CC(=O)NC(Cc1ccsc1)OB(O)O)c1ccccc1CC. The van der Waals surface area contributed by atoms with Crippen LogP contribution in [0.2, 0.25) is 0 Å². The van der Waals surface area contributed by atoms with E-state index >= 15 is 0 Å². The van der Waals surface area contributed by atoms with E-state index in [2.05, 4.69) is 11.9 Å². The molecule has 1 unspecified atom stereocenters. The Morgan fingerprint density at radius 2 is 2.11 bits per heavy atom. The number of nitrogens with one attached hydrogen (secondary N) is 1. The standard InChI is InChI=1S/C19H23BN2O5S/c1-3-15-7-5-6-8-16(15)22(19(24)4-2)12-17(23)21-18(27-20(25)26)11-14-9-10-28-13-14/h4-10,13,18,25-26H,2-3,11-12H2,1H3,(H,21,23). The molecule has 1 aromatic heterocycles. The Hall–Kier alpha value is -2.46. The molecule has 3 N–H and O–H groups in total. The van der Waals surface area contributed by atoms with Crippen LogP contribution in [-0.4, -0.2) is 42.0 Å². The molecule has 9 heteroatoms. The number of thiophene rings is 1. The van der Waals surface area contributed by atoms with Gasteiger partial charge in [-0.15, -0.1) is 0 Å². The van der Waals surface area contributed by atoms with Crippen molar-refractivity contribution in [3.05, 3.63) is 64.9 Å². The highest BCUT2D eigenvalue weighted by atomic mass is 32.1. The van der Waals surface area contributed by atoms with E-state index in [9.17, 15) is 9.59 Å². The summed E-state index contributed by atoms with van der Waals surface area (Å²) >= 11 is 1.48. The van der Waals surface area contributed by atoms with Crippen LogP contribution in [0.1, 0.15) is 18.1 Å². The smallest absolute Gasteiger partial charge is 0.402 e. The van der Waals surface area contributed by atoms with Crippen LogP contribution in [0.4, 0.5) is 5.69 Å². The van der Waals surface area contributed by atoms with Gasteiger partial charge in [-0.2, -0.15) is 11.3 Å². The van der Waals surface area contributed by atoms with Crippen molar-refractivity contribution < 1.29 is 24.3 Å². The summed E-state index contributed by atoms with van der Waals surface area (Å²) in [5, 5.41) is 24.6. The van der Waals surface area contributed by atoms with Crippen LogP contribution >= 0.6 is 11.3 Å². The molecular formula is C19H23BN2O5S. The van der Waals surface area contributed by atoms with Gasteiger partial charge in [0.2, 0.25) is 5.91 Å². The number of hydrogen-bond acceptors (Lipinski definition) is 6. The Morgan fingerprint density at radius 3 is 2.71 bits per heavy atom. The van der Waals surface area contributed by atoms with E-state index in [-0.39, 0.29) is 13.0 Å². The third kappa shape index (κ3) is 6.31. The average molecular weight is 402 g/mol. The largest absolute Gasteiger partial charge is 0.635 e. The molecule has 1 aromatic carbocycles. The number of benzene rings is 1. The molecule has 0 spiro atoms. The van der Waals surface area contributed by atoms with Gasteiger partial charge in [0.1, 0.15) is 12.8 Å². The fraction of sp³-hybridized carbons (Fsp3) is 0.263. The maximum Gasteiger partial charge on any atom is 0.635 e. The van der Waals surface area contributed by atoms with Crippen molar-refractivity contribution in [1.82, 2.24) is 5.32 Å². The Bertz CT molecular complexity index is 797. The first-order valence-electron chi connectivity index (χ1n) is 8.78. The van der Waals surface area contributed by atoms with Crippen LogP contribution in [0.25, 0.3) is 0 Å². The average Bonchev–Trinajstić information content (AvgIpc) is 3.18. The lowest BCUT2D eigenvalue weighted by molar-refractivity contribution is -0.124. The second-order valence-electron chi connectivity index (χ2n) is 5.97. The minimum absolute atomic E-state index is 0.257. The molecule has 0 saturated carbocycles. The van der Waals surface area contributed by atoms with Gasteiger partial charge >= 0.3 is 7.32 Å². The Balaban J connectivity index is 2.14. The predicted molar refractivity (Wildman–Crippen MR) is 110 cm³/mol. The zero-order chi connectivity index (χ0) is 20.5. The minimum Gasteiger partial charge on any atom is -0.402 e. The first-order valence-corrected chi connectivity index (χ1v) is 9.72. The van der Waals surface area contributed by atoms with Crippen molar-refractivity contribution >= 4 is 36.2 Å². The Morgan fingerprint density at radius 1 is 1.36 bits per heavy atom. The first-order chi connectivity index (χ1) is 13.4. The van der Waals surface area contributed by atoms with E-state index < -0.39 is 25.4 Å². The maximum atomic E-state index is 12.6. The molecule has 0 bridgehead atoms. The van der Waals surface area contributed by atoms with Crippen LogP contribution in [0.3, 0.4) is 0 Å². The number of rotatable bonds is 10. The molecule has 2 amide bonds. The van der Waals surface area contributed by atoms with Gasteiger partial charge in [0.25, 0.3) is 5.91 Å².